The van der Waals surface area contributed by atoms with Crippen molar-refractivity contribution in [2.24, 2.45) is 0 Å². The molecule has 104 valence electrons. The van der Waals surface area contributed by atoms with Gasteiger partial charge in [0.1, 0.15) is 5.82 Å². The smallest absolute Gasteiger partial charge is 0.178 e. The van der Waals surface area contributed by atoms with Crippen molar-refractivity contribution in [3.8, 4) is 0 Å². The first kappa shape index (κ1) is 14.2. The van der Waals surface area contributed by atoms with Crippen LogP contribution in [0, 0.1) is 10.6 Å². The van der Waals surface area contributed by atoms with Crippen molar-refractivity contribution in [1.82, 2.24) is 9.55 Å². The van der Waals surface area contributed by atoms with Gasteiger partial charge in [0.25, 0.3) is 0 Å². The van der Waals surface area contributed by atoms with Crippen LogP contribution in [0.25, 0.3) is 11.0 Å². The van der Waals surface area contributed by atoms with Crippen LogP contribution in [-0.4, -0.2) is 36.5 Å². The van der Waals surface area contributed by atoms with Crippen LogP contribution in [0.3, 0.4) is 0 Å². The van der Waals surface area contributed by atoms with E-state index in [-0.39, 0.29) is 5.82 Å². The molecular formula is C13H17FN2O2S. The van der Waals surface area contributed by atoms with Gasteiger partial charge in [0.2, 0.25) is 0 Å². The number of halogens is 1. The summed E-state index contributed by atoms with van der Waals surface area (Å²) in [6, 6.07) is 4.62. The van der Waals surface area contributed by atoms with Gasteiger partial charge in [-0.2, -0.15) is 0 Å². The third-order valence-corrected chi connectivity index (χ3v) is 3.16. The Kier molecular flexibility index (Phi) is 5.07. The molecule has 19 heavy (non-hydrogen) atoms. The lowest BCUT2D eigenvalue weighted by Crippen LogP contribution is -2.06. The number of benzene rings is 1. The second-order valence-electron chi connectivity index (χ2n) is 4.20. The van der Waals surface area contributed by atoms with Gasteiger partial charge < -0.3 is 19.0 Å². The van der Waals surface area contributed by atoms with Gasteiger partial charge in [0, 0.05) is 20.3 Å². The number of hydrogen-bond acceptors (Lipinski definition) is 3. The van der Waals surface area contributed by atoms with E-state index in [0.717, 1.165) is 17.5 Å². The van der Waals surface area contributed by atoms with Crippen molar-refractivity contribution in [3.05, 3.63) is 28.8 Å². The Bertz CT molecular complexity index is 594. The average Bonchev–Trinajstić information content (AvgIpc) is 2.69. The number of aromatic amines is 1. The summed E-state index contributed by atoms with van der Waals surface area (Å²) in [6.45, 7) is 2.52. The van der Waals surface area contributed by atoms with Gasteiger partial charge in [-0.25, -0.2) is 4.39 Å². The molecule has 0 saturated heterocycles. The predicted octanol–water partition coefficient (Wildman–Crippen LogP) is 2.89. The molecule has 0 fully saturated rings. The molecule has 4 nitrogen and oxygen atoms in total. The lowest BCUT2D eigenvalue weighted by molar-refractivity contribution is 0.0681. The van der Waals surface area contributed by atoms with Gasteiger partial charge in [-0.1, -0.05) is 0 Å². The number of methoxy groups -OCH3 is 1. The number of nitrogens with one attached hydrogen (secondary N) is 1. The normalized spacial score (nSPS) is 11.3. The minimum Gasteiger partial charge on any atom is -0.382 e. The molecule has 0 spiro atoms. The number of hydrogen-bond donors (Lipinski definition) is 1. The summed E-state index contributed by atoms with van der Waals surface area (Å²) in [5, 5.41) is 0. The minimum atomic E-state index is -0.258. The highest BCUT2D eigenvalue weighted by Crippen LogP contribution is 2.16. The van der Waals surface area contributed by atoms with Gasteiger partial charge in [-0.3, -0.25) is 0 Å². The summed E-state index contributed by atoms with van der Waals surface area (Å²) in [6.07, 6.45) is 0.821. The van der Waals surface area contributed by atoms with E-state index < -0.39 is 0 Å². The van der Waals surface area contributed by atoms with Crippen LogP contribution in [-0.2, 0) is 16.0 Å². The fraction of sp³-hybridized carbons (Fsp3) is 0.462. The van der Waals surface area contributed by atoms with Crippen molar-refractivity contribution in [1.29, 1.82) is 0 Å². The summed E-state index contributed by atoms with van der Waals surface area (Å²) in [4.78, 5) is 3.07. The van der Waals surface area contributed by atoms with Gasteiger partial charge in [0.05, 0.1) is 24.2 Å². The Morgan fingerprint density at radius 3 is 2.95 bits per heavy atom. The molecule has 0 bridgehead atoms. The van der Waals surface area contributed by atoms with Crippen LogP contribution in [0.15, 0.2) is 18.2 Å². The maximum Gasteiger partial charge on any atom is 0.178 e. The van der Waals surface area contributed by atoms with E-state index in [1.54, 1.807) is 13.2 Å². The minimum absolute atomic E-state index is 0.258. The Morgan fingerprint density at radius 2 is 2.16 bits per heavy atom. The second kappa shape index (κ2) is 6.79. The lowest BCUT2D eigenvalue weighted by atomic mass is 10.3. The first-order valence-corrected chi connectivity index (χ1v) is 6.58. The van der Waals surface area contributed by atoms with Crippen molar-refractivity contribution < 1.29 is 13.9 Å². The van der Waals surface area contributed by atoms with Crippen LogP contribution >= 0.6 is 12.2 Å². The molecule has 0 atom stereocenters. The Morgan fingerprint density at radius 1 is 1.32 bits per heavy atom. The SMILES string of the molecule is COCCOCCCn1c(=S)[nH]c2ccc(F)cc21. The number of fused-ring (bicyclic) bond motifs is 1. The van der Waals surface area contributed by atoms with Crippen LogP contribution in [0.2, 0.25) is 0 Å². The van der Waals surface area contributed by atoms with E-state index in [9.17, 15) is 4.39 Å². The molecule has 1 aromatic heterocycles. The van der Waals surface area contributed by atoms with Crippen molar-refractivity contribution in [2.45, 2.75) is 13.0 Å². The molecular weight excluding hydrogens is 267 g/mol. The van der Waals surface area contributed by atoms with Crippen molar-refractivity contribution >= 4 is 23.3 Å². The van der Waals surface area contributed by atoms with Gasteiger partial charge in [0.15, 0.2) is 4.77 Å². The number of ether oxygens (including phenoxy) is 2. The zero-order valence-corrected chi connectivity index (χ0v) is 11.6. The molecule has 0 amide bonds. The largest absolute Gasteiger partial charge is 0.382 e. The highest BCUT2D eigenvalue weighted by Gasteiger charge is 2.05. The molecule has 0 unspecified atom stereocenters. The third kappa shape index (κ3) is 3.62. The molecule has 0 radical (unpaired) electrons. The molecule has 6 heteroatoms. The molecule has 0 aliphatic rings. The van der Waals surface area contributed by atoms with Gasteiger partial charge in [-0.15, -0.1) is 0 Å². The standard InChI is InChI=1S/C13H17FN2O2S/c1-17-7-8-18-6-2-5-16-12-9-10(14)3-4-11(12)15-13(16)19/h3-4,9H,2,5-8H2,1H3,(H,15,19). The molecule has 1 heterocycles. The molecule has 1 N–H and O–H groups in total. The number of imidazole rings is 1. The zero-order valence-electron chi connectivity index (χ0n) is 10.8. The quantitative estimate of drug-likeness (QED) is 0.627. The maximum atomic E-state index is 13.3. The molecule has 2 aromatic rings. The van der Waals surface area contributed by atoms with E-state index in [1.165, 1.54) is 12.1 Å². The van der Waals surface area contributed by atoms with Gasteiger partial charge >= 0.3 is 0 Å². The lowest BCUT2D eigenvalue weighted by Gasteiger charge is -2.06. The first-order chi connectivity index (χ1) is 9.22. The third-order valence-electron chi connectivity index (χ3n) is 2.84. The molecule has 1 aromatic carbocycles. The fourth-order valence-corrected chi connectivity index (χ4v) is 2.22. The number of H-pyrrole nitrogens is 1. The molecule has 2 rings (SSSR count). The Labute approximate surface area is 116 Å². The van der Waals surface area contributed by atoms with E-state index in [4.69, 9.17) is 21.7 Å². The molecule has 0 aliphatic carbocycles. The summed E-state index contributed by atoms with van der Waals surface area (Å²) >= 11 is 5.24. The van der Waals surface area contributed by atoms with Gasteiger partial charge in [-0.05, 0) is 36.8 Å². The Hall–Kier alpha value is -1.24. The number of nitrogens with zero attached hydrogens (tertiary/aromatic N) is 1. The maximum absolute atomic E-state index is 13.3. The van der Waals surface area contributed by atoms with Crippen LogP contribution in [0.5, 0.6) is 0 Å². The fourth-order valence-electron chi connectivity index (χ4n) is 1.92. The number of aryl methyl sites for hydroxylation is 1. The number of rotatable bonds is 7. The topological polar surface area (TPSA) is 39.2 Å². The Balaban J connectivity index is 1.98. The first-order valence-electron chi connectivity index (χ1n) is 6.17. The summed E-state index contributed by atoms with van der Waals surface area (Å²) in [5.74, 6) is -0.258. The summed E-state index contributed by atoms with van der Waals surface area (Å²) in [7, 11) is 1.64. The van der Waals surface area contributed by atoms with E-state index >= 15 is 0 Å². The van der Waals surface area contributed by atoms with E-state index in [1.807, 2.05) is 4.57 Å². The van der Waals surface area contributed by atoms with Crippen LogP contribution in [0.1, 0.15) is 6.42 Å². The predicted molar refractivity (Wildman–Crippen MR) is 74.4 cm³/mol. The van der Waals surface area contributed by atoms with Crippen molar-refractivity contribution in [2.75, 3.05) is 26.9 Å². The van der Waals surface area contributed by atoms with Crippen molar-refractivity contribution in [3.63, 3.8) is 0 Å². The summed E-state index contributed by atoms with van der Waals surface area (Å²) < 4.78 is 26.0. The van der Waals surface area contributed by atoms with E-state index in [0.29, 0.717) is 31.1 Å². The van der Waals surface area contributed by atoms with Crippen LogP contribution in [0.4, 0.5) is 4.39 Å². The highest BCUT2D eigenvalue weighted by atomic mass is 32.1. The van der Waals surface area contributed by atoms with E-state index in [2.05, 4.69) is 4.98 Å². The monoisotopic (exact) mass is 284 g/mol. The molecule has 0 saturated carbocycles. The summed E-state index contributed by atoms with van der Waals surface area (Å²) in [5.41, 5.74) is 1.65. The average molecular weight is 284 g/mol. The number of aromatic nitrogens is 2. The van der Waals surface area contributed by atoms with Crippen LogP contribution < -0.4 is 0 Å². The zero-order chi connectivity index (χ0) is 13.7. The highest BCUT2D eigenvalue weighted by molar-refractivity contribution is 7.71. The molecule has 0 aliphatic heterocycles. The second-order valence-corrected chi connectivity index (χ2v) is 4.59.